The minimum absolute atomic E-state index is 0.435. The molecular weight excluding hydrogens is 178 g/mol. The van der Waals surface area contributed by atoms with Crippen molar-refractivity contribution in [3.05, 3.63) is 36.2 Å². The van der Waals surface area contributed by atoms with Crippen LogP contribution in [0.1, 0.15) is 11.6 Å². The fraction of sp³-hybridized carbons (Fsp3) is 0.200. The molecule has 0 atom stereocenters. The highest BCUT2D eigenvalue weighted by Gasteiger charge is 2.03. The van der Waals surface area contributed by atoms with Crippen molar-refractivity contribution in [2.45, 2.75) is 13.5 Å². The first-order valence-corrected chi connectivity index (χ1v) is 4.37. The van der Waals surface area contributed by atoms with Gasteiger partial charge in [-0.25, -0.2) is 4.98 Å². The number of nitrogens with two attached hydrogens (primary N) is 1. The second kappa shape index (κ2) is 3.59. The molecule has 0 bridgehead atoms. The number of nitrogens with zero attached hydrogens (tertiary/aromatic N) is 2. The third kappa shape index (κ3) is 1.65. The molecule has 2 aromatic rings. The van der Waals surface area contributed by atoms with Crippen LogP contribution in [0.15, 0.2) is 29.0 Å². The van der Waals surface area contributed by atoms with Crippen LogP contribution in [0.5, 0.6) is 0 Å². The maximum Gasteiger partial charge on any atom is 0.191 e. The minimum Gasteiger partial charge on any atom is -0.449 e. The van der Waals surface area contributed by atoms with Crippen LogP contribution in [0, 0.1) is 6.92 Å². The van der Waals surface area contributed by atoms with Gasteiger partial charge in [-0.2, -0.15) is 0 Å². The normalized spacial score (nSPS) is 10.4. The Bertz CT molecular complexity index is 436. The van der Waals surface area contributed by atoms with Crippen LogP contribution in [-0.2, 0) is 6.54 Å². The Morgan fingerprint density at radius 3 is 3.00 bits per heavy atom. The summed E-state index contributed by atoms with van der Waals surface area (Å²) >= 11 is 0. The van der Waals surface area contributed by atoms with Gasteiger partial charge in [-0.15, -0.1) is 0 Å². The zero-order valence-electron chi connectivity index (χ0n) is 7.90. The van der Waals surface area contributed by atoms with Gasteiger partial charge in [0.2, 0.25) is 0 Å². The average molecular weight is 189 g/mol. The van der Waals surface area contributed by atoms with E-state index in [1.807, 2.05) is 19.1 Å². The first-order valence-electron chi connectivity index (χ1n) is 4.37. The monoisotopic (exact) mass is 189 g/mol. The molecule has 0 radical (unpaired) electrons. The van der Waals surface area contributed by atoms with E-state index in [4.69, 9.17) is 10.2 Å². The summed E-state index contributed by atoms with van der Waals surface area (Å²) in [5, 5.41) is 0. The number of aryl methyl sites for hydroxylation is 1. The first-order chi connectivity index (χ1) is 6.79. The van der Waals surface area contributed by atoms with Crippen LogP contribution in [0.25, 0.3) is 11.3 Å². The van der Waals surface area contributed by atoms with E-state index in [2.05, 4.69) is 9.97 Å². The molecule has 4 heteroatoms. The topological polar surface area (TPSA) is 64.9 Å². The molecule has 14 heavy (non-hydrogen) atoms. The molecule has 0 spiro atoms. The average Bonchev–Trinajstić information content (AvgIpc) is 2.65. The number of hydrogen-bond donors (Lipinski definition) is 1. The molecule has 0 amide bonds. The molecule has 0 saturated carbocycles. The van der Waals surface area contributed by atoms with E-state index in [1.54, 1.807) is 12.5 Å². The lowest BCUT2D eigenvalue weighted by Gasteiger charge is -1.98. The van der Waals surface area contributed by atoms with Crippen molar-refractivity contribution in [2.75, 3.05) is 0 Å². The van der Waals surface area contributed by atoms with E-state index >= 15 is 0 Å². The summed E-state index contributed by atoms with van der Waals surface area (Å²) in [5.74, 6) is 0.658. The molecule has 0 aliphatic heterocycles. The lowest BCUT2D eigenvalue weighted by molar-refractivity contribution is 0.521. The van der Waals surface area contributed by atoms with Crippen molar-refractivity contribution in [3.63, 3.8) is 0 Å². The van der Waals surface area contributed by atoms with Gasteiger partial charge < -0.3 is 10.2 Å². The van der Waals surface area contributed by atoms with Crippen molar-refractivity contribution < 1.29 is 4.42 Å². The molecule has 0 unspecified atom stereocenters. The molecule has 0 aliphatic carbocycles. The summed E-state index contributed by atoms with van der Waals surface area (Å²) in [6.07, 6.45) is 3.35. The highest BCUT2D eigenvalue weighted by atomic mass is 16.3. The maximum absolute atomic E-state index is 5.50. The smallest absolute Gasteiger partial charge is 0.191 e. The molecule has 2 rings (SSSR count). The quantitative estimate of drug-likeness (QED) is 0.777. The Morgan fingerprint density at radius 2 is 2.36 bits per heavy atom. The molecular formula is C10H11N3O. The predicted molar refractivity (Wildman–Crippen MR) is 52.4 cm³/mol. The largest absolute Gasteiger partial charge is 0.449 e. The van der Waals surface area contributed by atoms with Crippen molar-refractivity contribution in [3.8, 4) is 11.3 Å². The predicted octanol–water partition coefficient (Wildman–Crippen LogP) is 1.50. The van der Waals surface area contributed by atoms with E-state index in [-0.39, 0.29) is 0 Å². The Kier molecular flexibility index (Phi) is 2.28. The standard InChI is InChI=1S/C10H11N3O/c1-7-13-10(6-14-7)8-2-3-12-9(4-8)5-11/h2-4,6H,5,11H2,1H3. The van der Waals surface area contributed by atoms with E-state index in [0.29, 0.717) is 12.4 Å². The fourth-order valence-electron chi connectivity index (χ4n) is 1.25. The van der Waals surface area contributed by atoms with E-state index in [9.17, 15) is 0 Å². The summed E-state index contributed by atoms with van der Waals surface area (Å²) < 4.78 is 5.13. The van der Waals surface area contributed by atoms with Gasteiger partial charge in [-0.3, -0.25) is 4.98 Å². The van der Waals surface area contributed by atoms with Crippen LogP contribution in [-0.4, -0.2) is 9.97 Å². The number of hydrogen-bond acceptors (Lipinski definition) is 4. The van der Waals surface area contributed by atoms with Crippen molar-refractivity contribution >= 4 is 0 Å². The Hall–Kier alpha value is -1.68. The molecule has 72 valence electrons. The molecule has 0 saturated heterocycles. The summed E-state index contributed by atoms with van der Waals surface area (Å²) in [6, 6.07) is 3.80. The highest BCUT2D eigenvalue weighted by molar-refractivity contribution is 5.57. The molecule has 2 heterocycles. The van der Waals surface area contributed by atoms with Gasteiger partial charge >= 0.3 is 0 Å². The number of rotatable bonds is 2. The molecule has 0 aliphatic rings. The number of oxazole rings is 1. The lowest BCUT2D eigenvalue weighted by Crippen LogP contribution is -1.98. The summed E-state index contributed by atoms with van der Waals surface area (Å²) in [5.41, 5.74) is 8.15. The van der Waals surface area contributed by atoms with Crippen molar-refractivity contribution in [2.24, 2.45) is 5.73 Å². The lowest BCUT2D eigenvalue weighted by atomic mass is 10.2. The van der Waals surface area contributed by atoms with Gasteiger partial charge in [0.15, 0.2) is 5.89 Å². The Balaban J connectivity index is 2.41. The molecule has 4 nitrogen and oxygen atoms in total. The van der Waals surface area contributed by atoms with Crippen LogP contribution >= 0.6 is 0 Å². The number of pyridine rings is 1. The van der Waals surface area contributed by atoms with Gasteiger partial charge in [0, 0.05) is 25.2 Å². The molecule has 0 aromatic carbocycles. The summed E-state index contributed by atoms with van der Waals surface area (Å²) in [7, 11) is 0. The number of aromatic nitrogens is 2. The Labute approximate surface area is 81.8 Å². The van der Waals surface area contributed by atoms with Gasteiger partial charge in [0.25, 0.3) is 0 Å². The zero-order valence-corrected chi connectivity index (χ0v) is 7.90. The first kappa shape index (κ1) is 8.90. The van der Waals surface area contributed by atoms with Gasteiger partial charge in [-0.1, -0.05) is 0 Å². The van der Waals surface area contributed by atoms with Gasteiger partial charge in [0.1, 0.15) is 12.0 Å². The zero-order chi connectivity index (χ0) is 9.97. The summed E-state index contributed by atoms with van der Waals surface area (Å²) in [6.45, 7) is 2.25. The van der Waals surface area contributed by atoms with E-state index in [0.717, 1.165) is 17.0 Å². The van der Waals surface area contributed by atoms with E-state index in [1.165, 1.54) is 0 Å². The third-order valence-electron chi connectivity index (χ3n) is 1.94. The van der Waals surface area contributed by atoms with Crippen molar-refractivity contribution in [1.29, 1.82) is 0 Å². The minimum atomic E-state index is 0.435. The van der Waals surface area contributed by atoms with Crippen LogP contribution in [0.4, 0.5) is 0 Å². The molecule has 0 fully saturated rings. The molecule has 2 N–H and O–H groups in total. The SMILES string of the molecule is Cc1nc(-c2ccnc(CN)c2)co1. The summed E-state index contributed by atoms with van der Waals surface area (Å²) in [4.78, 5) is 8.33. The highest BCUT2D eigenvalue weighted by Crippen LogP contribution is 2.18. The second-order valence-electron chi connectivity index (χ2n) is 2.99. The van der Waals surface area contributed by atoms with Gasteiger partial charge in [-0.05, 0) is 12.1 Å². The second-order valence-corrected chi connectivity index (χ2v) is 2.99. The van der Waals surface area contributed by atoms with Crippen LogP contribution < -0.4 is 5.73 Å². The maximum atomic E-state index is 5.50. The van der Waals surface area contributed by atoms with Crippen LogP contribution in [0.3, 0.4) is 0 Å². The Morgan fingerprint density at radius 1 is 1.50 bits per heavy atom. The third-order valence-corrected chi connectivity index (χ3v) is 1.94. The van der Waals surface area contributed by atoms with Crippen molar-refractivity contribution in [1.82, 2.24) is 9.97 Å². The van der Waals surface area contributed by atoms with Crippen LogP contribution in [0.2, 0.25) is 0 Å². The van der Waals surface area contributed by atoms with E-state index < -0.39 is 0 Å². The molecule has 2 aromatic heterocycles. The van der Waals surface area contributed by atoms with Gasteiger partial charge in [0.05, 0.1) is 5.69 Å². The fourth-order valence-corrected chi connectivity index (χ4v) is 1.25.